The topological polar surface area (TPSA) is 63.5 Å². The third-order valence-corrected chi connectivity index (χ3v) is 2.77. The SMILES string of the molecule is CCOC(=O)C1=C(c2ccco2)NC(=S)N[C@@H]1C. The highest BCUT2D eigenvalue weighted by atomic mass is 32.1. The van der Waals surface area contributed by atoms with E-state index in [4.69, 9.17) is 21.4 Å². The quantitative estimate of drug-likeness (QED) is 0.637. The van der Waals surface area contributed by atoms with Gasteiger partial charge in [0.05, 0.1) is 30.2 Å². The van der Waals surface area contributed by atoms with Crippen LogP contribution in [0.25, 0.3) is 5.70 Å². The summed E-state index contributed by atoms with van der Waals surface area (Å²) in [6.07, 6.45) is 1.54. The number of carbonyl (C=O) groups excluding carboxylic acids is 1. The fraction of sp³-hybridized carbons (Fsp3) is 0.333. The van der Waals surface area contributed by atoms with Gasteiger partial charge in [-0.1, -0.05) is 0 Å². The Morgan fingerprint density at radius 1 is 1.61 bits per heavy atom. The highest BCUT2D eigenvalue weighted by Crippen LogP contribution is 2.23. The van der Waals surface area contributed by atoms with Crippen molar-refractivity contribution in [3.63, 3.8) is 0 Å². The van der Waals surface area contributed by atoms with E-state index in [-0.39, 0.29) is 12.0 Å². The Hall–Kier alpha value is -1.82. The number of rotatable bonds is 3. The van der Waals surface area contributed by atoms with E-state index in [9.17, 15) is 4.79 Å². The van der Waals surface area contributed by atoms with Gasteiger partial charge in [-0.15, -0.1) is 0 Å². The summed E-state index contributed by atoms with van der Waals surface area (Å²) in [6, 6.07) is 3.29. The molecule has 2 heterocycles. The molecular weight excluding hydrogens is 252 g/mol. The first-order valence-electron chi connectivity index (χ1n) is 5.66. The van der Waals surface area contributed by atoms with E-state index in [2.05, 4.69) is 10.6 Å². The van der Waals surface area contributed by atoms with Crippen LogP contribution in [0.3, 0.4) is 0 Å². The zero-order chi connectivity index (χ0) is 13.1. The summed E-state index contributed by atoms with van der Waals surface area (Å²) < 4.78 is 10.4. The van der Waals surface area contributed by atoms with E-state index in [0.29, 0.717) is 28.7 Å². The van der Waals surface area contributed by atoms with Crippen LogP contribution in [0.2, 0.25) is 0 Å². The number of carbonyl (C=O) groups is 1. The Morgan fingerprint density at radius 3 is 3.00 bits per heavy atom. The van der Waals surface area contributed by atoms with Gasteiger partial charge in [0.1, 0.15) is 0 Å². The summed E-state index contributed by atoms with van der Waals surface area (Å²) in [5.41, 5.74) is 1.05. The Labute approximate surface area is 110 Å². The lowest BCUT2D eigenvalue weighted by Crippen LogP contribution is -2.48. The van der Waals surface area contributed by atoms with E-state index in [1.165, 1.54) is 0 Å². The van der Waals surface area contributed by atoms with Crippen molar-refractivity contribution in [1.29, 1.82) is 0 Å². The molecule has 0 fully saturated rings. The van der Waals surface area contributed by atoms with Crippen LogP contribution in [0, 0.1) is 0 Å². The molecule has 2 N–H and O–H groups in total. The minimum atomic E-state index is -0.376. The van der Waals surface area contributed by atoms with Gasteiger partial charge >= 0.3 is 5.97 Å². The van der Waals surface area contributed by atoms with Gasteiger partial charge in [-0.3, -0.25) is 0 Å². The monoisotopic (exact) mass is 266 g/mol. The van der Waals surface area contributed by atoms with Crippen molar-refractivity contribution in [2.24, 2.45) is 0 Å². The molecule has 0 saturated heterocycles. The zero-order valence-corrected chi connectivity index (χ0v) is 11.0. The third-order valence-electron chi connectivity index (χ3n) is 2.55. The Bertz CT molecular complexity index is 493. The molecule has 18 heavy (non-hydrogen) atoms. The highest BCUT2D eigenvalue weighted by molar-refractivity contribution is 7.80. The van der Waals surface area contributed by atoms with Crippen LogP contribution in [0.15, 0.2) is 28.4 Å². The van der Waals surface area contributed by atoms with Crippen LogP contribution in [0.4, 0.5) is 0 Å². The van der Waals surface area contributed by atoms with Crippen molar-refractivity contribution >= 4 is 29.0 Å². The molecule has 1 aromatic rings. The lowest BCUT2D eigenvalue weighted by Gasteiger charge is -2.27. The van der Waals surface area contributed by atoms with Crippen molar-refractivity contribution in [3.8, 4) is 0 Å². The van der Waals surface area contributed by atoms with Crippen molar-refractivity contribution < 1.29 is 13.9 Å². The standard InChI is InChI=1S/C12H14N2O3S/c1-3-16-11(15)9-7(2)13-12(18)14-10(9)8-5-4-6-17-8/h4-7H,3H2,1-2H3,(H2,13,14,18)/t7-/m1/s1. The Balaban J connectivity index is 2.46. The van der Waals surface area contributed by atoms with Gasteiger partial charge < -0.3 is 19.8 Å². The molecule has 1 aliphatic heterocycles. The van der Waals surface area contributed by atoms with Gasteiger partial charge in [-0.2, -0.15) is 0 Å². The van der Waals surface area contributed by atoms with E-state index in [1.54, 1.807) is 25.3 Å². The maximum atomic E-state index is 12.0. The minimum absolute atomic E-state index is 0.224. The predicted octanol–water partition coefficient (Wildman–Crippen LogP) is 1.42. The van der Waals surface area contributed by atoms with Gasteiger partial charge in [0.25, 0.3) is 0 Å². The molecule has 0 saturated carbocycles. The van der Waals surface area contributed by atoms with Gasteiger partial charge in [0, 0.05) is 0 Å². The van der Waals surface area contributed by atoms with E-state index in [1.807, 2.05) is 6.92 Å². The minimum Gasteiger partial charge on any atom is -0.463 e. The molecule has 1 aliphatic rings. The number of hydrogen-bond donors (Lipinski definition) is 2. The largest absolute Gasteiger partial charge is 0.463 e. The number of hydrogen-bond acceptors (Lipinski definition) is 4. The molecule has 0 aliphatic carbocycles. The molecule has 5 nitrogen and oxygen atoms in total. The van der Waals surface area contributed by atoms with Crippen LogP contribution in [-0.2, 0) is 9.53 Å². The molecule has 0 amide bonds. The Kier molecular flexibility index (Phi) is 3.66. The number of esters is 1. The molecule has 6 heteroatoms. The molecule has 0 unspecified atom stereocenters. The van der Waals surface area contributed by atoms with E-state index < -0.39 is 0 Å². The second kappa shape index (κ2) is 5.22. The van der Waals surface area contributed by atoms with Gasteiger partial charge in [-0.05, 0) is 38.2 Å². The summed E-state index contributed by atoms with van der Waals surface area (Å²) in [5.74, 6) is 0.188. The first-order chi connectivity index (χ1) is 8.63. The second-order valence-electron chi connectivity index (χ2n) is 3.81. The number of nitrogens with one attached hydrogen (secondary N) is 2. The zero-order valence-electron chi connectivity index (χ0n) is 10.1. The average molecular weight is 266 g/mol. The van der Waals surface area contributed by atoms with E-state index >= 15 is 0 Å². The molecule has 96 valence electrons. The summed E-state index contributed by atoms with van der Waals surface area (Å²) in [6.45, 7) is 3.94. The highest BCUT2D eigenvalue weighted by Gasteiger charge is 2.30. The van der Waals surface area contributed by atoms with Crippen LogP contribution in [-0.4, -0.2) is 23.7 Å². The molecule has 0 aromatic carbocycles. The van der Waals surface area contributed by atoms with Crippen LogP contribution < -0.4 is 10.6 Å². The van der Waals surface area contributed by atoms with Crippen LogP contribution in [0.1, 0.15) is 19.6 Å². The van der Waals surface area contributed by atoms with Crippen molar-refractivity contribution in [1.82, 2.24) is 10.6 Å². The summed E-state index contributed by atoms with van der Waals surface area (Å²) >= 11 is 5.09. The third kappa shape index (κ3) is 2.38. The summed E-state index contributed by atoms with van der Waals surface area (Å²) in [4.78, 5) is 12.0. The van der Waals surface area contributed by atoms with Crippen molar-refractivity contribution in [2.45, 2.75) is 19.9 Å². The summed E-state index contributed by atoms with van der Waals surface area (Å²) in [5, 5.41) is 6.38. The first kappa shape index (κ1) is 12.6. The molecule has 0 radical (unpaired) electrons. The molecule has 0 spiro atoms. The molecular formula is C12H14N2O3S. The lowest BCUT2D eigenvalue weighted by molar-refractivity contribution is -0.138. The fourth-order valence-corrected chi connectivity index (χ4v) is 2.08. The van der Waals surface area contributed by atoms with Crippen LogP contribution >= 0.6 is 12.2 Å². The smallest absolute Gasteiger partial charge is 0.338 e. The molecule has 1 atom stereocenters. The van der Waals surface area contributed by atoms with Crippen molar-refractivity contribution in [3.05, 3.63) is 29.7 Å². The fourth-order valence-electron chi connectivity index (χ4n) is 1.81. The van der Waals surface area contributed by atoms with E-state index in [0.717, 1.165) is 0 Å². The first-order valence-corrected chi connectivity index (χ1v) is 6.07. The van der Waals surface area contributed by atoms with Gasteiger partial charge in [0.15, 0.2) is 10.9 Å². The maximum Gasteiger partial charge on any atom is 0.338 e. The van der Waals surface area contributed by atoms with Crippen molar-refractivity contribution in [2.75, 3.05) is 6.61 Å². The van der Waals surface area contributed by atoms with Crippen LogP contribution in [0.5, 0.6) is 0 Å². The second-order valence-corrected chi connectivity index (χ2v) is 4.21. The van der Waals surface area contributed by atoms with Gasteiger partial charge in [0.2, 0.25) is 0 Å². The van der Waals surface area contributed by atoms with Gasteiger partial charge in [-0.25, -0.2) is 4.79 Å². The average Bonchev–Trinajstić information content (AvgIpc) is 2.81. The number of thiocarbonyl (C=S) groups is 1. The summed E-state index contributed by atoms with van der Waals surface area (Å²) in [7, 11) is 0. The maximum absolute atomic E-state index is 12.0. The normalized spacial score (nSPS) is 19.2. The molecule has 0 bridgehead atoms. The Morgan fingerprint density at radius 2 is 2.39 bits per heavy atom. The molecule has 1 aromatic heterocycles. The number of ether oxygens (including phenoxy) is 1. The lowest BCUT2D eigenvalue weighted by atomic mass is 10.0. The predicted molar refractivity (Wildman–Crippen MR) is 70.6 cm³/mol. The number of furan rings is 1. The molecule has 2 rings (SSSR count).